The predicted octanol–water partition coefficient (Wildman–Crippen LogP) is 4.12. The molecule has 0 radical (unpaired) electrons. The van der Waals surface area contributed by atoms with Gasteiger partial charge in [0.05, 0.1) is 58.9 Å². The largest absolute Gasteiger partial charge is 0.376 e. The maximum Gasteiger partial charge on any atom is 0.181 e. The SMILES string of the molecule is Cc1cn(-c2cncc3[nH]c(-c4[nH]nc5ncc(-c6cncc(N(C)C)c6)cc45)cc23)cn1. The van der Waals surface area contributed by atoms with Crippen molar-refractivity contribution in [3.8, 4) is 28.2 Å². The van der Waals surface area contributed by atoms with Crippen LogP contribution in [0.5, 0.6) is 0 Å². The summed E-state index contributed by atoms with van der Waals surface area (Å²) in [5.41, 5.74) is 8.31. The molecule has 6 heterocycles. The summed E-state index contributed by atoms with van der Waals surface area (Å²) in [5.74, 6) is 0. The van der Waals surface area contributed by atoms with Gasteiger partial charge in [0.25, 0.3) is 0 Å². The molecule has 0 unspecified atom stereocenters. The molecule has 0 aromatic carbocycles. The molecule has 9 heteroatoms. The number of fused-ring (bicyclic) bond motifs is 2. The zero-order chi connectivity index (χ0) is 22.5. The van der Waals surface area contributed by atoms with Crippen molar-refractivity contribution in [3.05, 3.63) is 67.4 Å². The minimum absolute atomic E-state index is 0.660. The Balaban J connectivity index is 1.48. The molecule has 33 heavy (non-hydrogen) atoms. The van der Waals surface area contributed by atoms with Crippen LogP contribution in [0.3, 0.4) is 0 Å². The fraction of sp³-hybridized carbons (Fsp3) is 0.125. The number of nitrogens with one attached hydrogen (secondary N) is 2. The molecule has 0 aliphatic heterocycles. The van der Waals surface area contributed by atoms with Gasteiger partial charge in [-0.25, -0.2) is 9.97 Å². The summed E-state index contributed by atoms with van der Waals surface area (Å²) in [6, 6.07) is 6.31. The lowest BCUT2D eigenvalue weighted by Gasteiger charge is -2.12. The Kier molecular flexibility index (Phi) is 4.22. The number of anilines is 1. The molecule has 0 atom stereocenters. The number of aromatic nitrogens is 8. The van der Waals surface area contributed by atoms with E-state index in [-0.39, 0.29) is 0 Å². The number of hydrogen-bond donors (Lipinski definition) is 2. The van der Waals surface area contributed by atoms with Gasteiger partial charge in [0.1, 0.15) is 0 Å². The first kappa shape index (κ1) is 19.2. The predicted molar refractivity (Wildman–Crippen MR) is 128 cm³/mol. The van der Waals surface area contributed by atoms with Crippen molar-refractivity contribution in [2.45, 2.75) is 6.92 Å². The molecule has 9 nitrogen and oxygen atoms in total. The Morgan fingerprint density at radius 2 is 1.73 bits per heavy atom. The Labute approximate surface area is 189 Å². The highest BCUT2D eigenvalue weighted by atomic mass is 15.2. The quantitative estimate of drug-likeness (QED) is 0.432. The standard InChI is InChI=1S/C24H21N9/c1-14-12-33(13-28-14)22-11-26-10-21-18(22)6-20(29-21)23-19-5-16(8-27-24(19)31-30-23)15-4-17(32(2)3)9-25-7-15/h4-13,29H,1-3H3,(H,27,30,31). The van der Waals surface area contributed by atoms with Crippen molar-refractivity contribution in [3.63, 3.8) is 0 Å². The normalized spacial score (nSPS) is 11.5. The van der Waals surface area contributed by atoms with Crippen LogP contribution in [-0.4, -0.2) is 53.8 Å². The van der Waals surface area contributed by atoms with Crippen molar-refractivity contribution in [1.82, 2.24) is 39.7 Å². The molecule has 0 saturated carbocycles. The summed E-state index contributed by atoms with van der Waals surface area (Å²) in [5, 5.41) is 9.56. The Morgan fingerprint density at radius 1 is 0.879 bits per heavy atom. The highest BCUT2D eigenvalue weighted by molar-refractivity contribution is 5.97. The molecule has 0 saturated heterocycles. The minimum atomic E-state index is 0.660. The molecular weight excluding hydrogens is 414 g/mol. The van der Waals surface area contributed by atoms with Crippen LogP contribution in [0.25, 0.3) is 50.1 Å². The number of aromatic amines is 2. The number of aryl methyl sites for hydroxylation is 1. The van der Waals surface area contributed by atoms with E-state index in [0.29, 0.717) is 5.65 Å². The van der Waals surface area contributed by atoms with Gasteiger partial charge >= 0.3 is 0 Å². The Hall–Kier alpha value is -4.53. The Bertz CT molecular complexity index is 1620. The van der Waals surface area contributed by atoms with Crippen LogP contribution in [0, 0.1) is 6.92 Å². The van der Waals surface area contributed by atoms with E-state index in [4.69, 9.17) is 0 Å². The molecule has 2 N–H and O–H groups in total. The molecule has 0 bridgehead atoms. The van der Waals surface area contributed by atoms with Crippen LogP contribution >= 0.6 is 0 Å². The summed E-state index contributed by atoms with van der Waals surface area (Å²) in [6.07, 6.45) is 13.0. The first-order valence-electron chi connectivity index (χ1n) is 10.5. The maximum absolute atomic E-state index is 4.58. The summed E-state index contributed by atoms with van der Waals surface area (Å²) in [6.45, 7) is 1.97. The molecule has 0 fully saturated rings. The summed E-state index contributed by atoms with van der Waals surface area (Å²) < 4.78 is 1.98. The second-order valence-corrected chi connectivity index (χ2v) is 8.25. The van der Waals surface area contributed by atoms with E-state index in [1.807, 2.05) is 67.7 Å². The zero-order valence-corrected chi connectivity index (χ0v) is 18.4. The second-order valence-electron chi connectivity index (χ2n) is 8.25. The average molecular weight is 435 g/mol. The van der Waals surface area contributed by atoms with Crippen molar-refractivity contribution in [2.24, 2.45) is 0 Å². The van der Waals surface area contributed by atoms with Gasteiger partial charge in [-0.2, -0.15) is 5.10 Å². The van der Waals surface area contributed by atoms with E-state index in [1.165, 1.54) is 0 Å². The van der Waals surface area contributed by atoms with Crippen LogP contribution in [0.15, 0.2) is 61.7 Å². The fourth-order valence-corrected chi connectivity index (χ4v) is 4.02. The van der Waals surface area contributed by atoms with Crippen LogP contribution in [-0.2, 0) is 0 Å². The van der Waals surface area contributed by atoms with E-state index in [9.17, 15) is 0 Å². The van der Waals surface area contributed by atoms with Gasteiger partial charge in [-0.15, -0.1) is 0 Å². The van der Waals surface area contributed by atoms with Crippen molar-refractivity contribution in [2.75, 3.05) is 19.0 Å². The van der Waals surface area contributed by atoms with Gasteiger partial charge in [-0.1, -0.05) is 0 Å². The average Bonchev–Trinajstić information content (AvgIpc) is 3.55. The number of nitrogens with zero attached hydrogens (tertiary/aromatic N) is 7. The molecule has 0 aliphatic carbocycles. The third-order valence-electron chi connectivity index (χ3n) is 5.77. The molecule has 162 valence electrons. The van der Waals surface area contributed by atoms with Gasteiger partial charge < -0.3 is 14.5 Å². The molecule has 0 amide bonds. The number of rotatable bonds is 4. The monoisotopic (exact) mass is 435 g/mol. The molecular formula is C24H21N9. The molecule has 6 aromatic rings. The topological polar surface area (TPSA) is 104 Å². The zero-order valence-electron chi connectivity index (χ0n) is 18.4. The number of imidazole rings is 1. The summed E-state index contributed by atoms with van der Waals surface area (Å²) in [4.78, 5) is 23.2. The van der Waals surface area contributed by atoms with E-state index in [2.05, 4.69) is 53.3 Å². The van der Waals surface area contributed by atoms with Crippen molar-refractivity contribution >= 4 is 27.6 Å². The summed E-state index contributed by atoms with van der Waals surface area (Å²) in [7, 11) is 4.00. The van der Waals surface area contributed by atoms with Crippen LogP contribution in [0.1, 0.15) is 5.69 Å². The van der Waals surface area contributed by atoms with Crippen LogP contribution < -0.4 is 4.90 Å². The van der Waals surface area contributed by atoms with Crippen LogP contribution in [0.2, 0.25) is 0 Å². The van der Waals surface area contributed by atoms with Crippen molar-refractivity contribution in [1.29, 1.82) is 0 Å². The van der Waals surface area contributed by atoms with E-state index >= 15 is 0 Å². The minimum Gasteiger partial charge on any atom is -0.376 e. The summed E-state index contributed by atoms with van der Waals surface area (Å²) >= 11 is 0. The highest BCUT2D eigenvalue weighted by Gasteiger charge is 2.15. The first-order chi connectivity index (χ1) is 16.1. The first-order valence-corrected chi connectivity index (χ1v) is 10.5. The van der Waals surface area contributed by atoms with Crippen molar-refractivity contribution < 1.29 is 0 Å². The lowest BCUT2D eigenvalue weighted by Crippen LogP contribution is -2.08. The molecule has 6 aromatic heterocycles. The molecule has 0 aliphatic rings. The van der Waals surface area contributed by atoms with Gasteiger partial charge in [-0.3, -0.25) is 15.1 Å². The van der Waals surface area contributed by atoms with Gasteiger partial charge in [0, 0.05) is 54.6 Å². The number of H-pyrrole nitrogens is 2. The third kappa shape index (κ3) is 3.21. The fourth-order valence-electron chi connectivity index (χ4n) is 4.02. The second kappa shape index (κ2) is 7.27. The maximum atomic E-state index is 4.58. The van der Waals surface area contributed by atoms with Gasteiger partial charge in [-0.05, 0) is 25.1 Å². The molecule has 0 spiro atoms. The van der Waals surface area contributed by atoms with E-state index in [1.54, 1.807) is 6.33 Å². The van der Waals surface area contributed by atoms with E-state index < -0.39 is 0 Å². The van der Waals surface area contributed by atoms with E-state index in [0.717, 1.165) is 55.9 Å². The van der Waals surface area contributed by atoms with Crippen LogP contribution in [0.4, 0.5) is 5.69 Å². The number of pyridine rings is 3. The van der Waals surface area contributed by atoms with Gasteiger partial charge in [0.15, 0.2) is 5.65 Å². The smallest absolute Gasteiger partial charge is 0.181 e. The Morgan fingerprint density at radius 3 is 2.55 bits per heavy atom. The number of hydrogen-bond acceptors (Lipinski definition) is 6. The lowest BCUT2D eigenvalue weighted by molar-refractivity contribution is 1.05. The third-order valence-corrected chi connectivity index (χ3v) is 5.77. The lowest BCUT2D eigenvalue weighted by atomic mass is 10.1. The molecule has 6 rings (SSSR count). The van der Waals surface area contributed by atoms with Gasteiger partial charge in [0.2, 0.25) is 0 Å². The highest BCUT2D eigenvalue weighted by Crippen LogP contribution is 2.32.